The van der Waals surface area contributed by atoms with Gasteiger partial charge in [0.2, 0.25) is 0 Å². The van der Waals surface area contributed by atoms with Crippen molar-refractivity contribution in [3.8, 4) is 11.1 Å². The highest BCUT2D eigenvalue weighted by Crippen LogP contribution is 2.36. The Hall–Kier alpha value is -3.84. The summed E-state index contributed by atoms with van der Waals surface area (Å²) < 4.78 is 0. The van der Waals surface area contributed by atoms with Gasteiger partial charge >= 0.3 is 0 Å². The van der Waals surface area contributed by atoms with E-state index in [0.29, 0.717) is 0 Å². The fourth-order valence-corrected chi connectivity index (χ4v) is 4.16. The molecule has 0 aromatic heterocycles. The number of hydrogen-bond donors (Lipinski definition) is 0. The van der Waals surface area contributed by atoms with Gasteiger partial charge in [-0.1, -0.05) is 84.9 Å². The molecule has 0 fully saturated rings. The topological polar surface area (TPSA) is 3.24 Å². The number of anilines is 3. The minimum atomic E-state index is 1.15. The lowest BCUT2D eigenvalue weighted by Gasteiger charge is -2.25. The number of para-hydroxylation sites is 2. The molecule has 0 amide bonds. The Labute approximate surface area is 177 Å². The predicted octanol–water partition coefficient (Wildman–Crippen LogP) is 8.29. The van der Waals surface area contributed by atoms with E-state index in [-0.39, 0.29) is 0 Å². The fourth-order valence-electron chi connectivity index (χ4n) is 4.16. The van der Waals surface area contributed by atoms with E-state index in [1.54, 1.807) is 0 Å². The summed E-state index contributed by atoms with van der Waals surface area (Å²) >= 11 is 0. The normalized spacial score (nSPS) is 10.8. The van der Waals surface area contributed by atoms with Gasteiger partial charge in [-0.2, -0.15) is 0 Å². The highest BCUT2D eigenvalue weighted by Gasteiger charge is 2.12. The van der Waals surface area contributed by atoms with Gasteiger partial charge < -0.3 is 4.90 Å². The Kier molecular flexibility index (Phi) is 4.78. The van der Waals surface area contributed by atoms with E-state index >= 15 is 0 Å². The van der Waals surface area contributed by atoms with Crippen LogP contribution >= 0.6 is 0 Å². The SMILES string of the molecule is Cc1cccc2cccc(-c3ccc(N(c4ccccc4)c4ccccc4)cc3)c12. The molecule has 1 nitrogen and oxygen atoms in total. The molecule has 0 spiro atoms. The molecule has 5 rings (SSSR count). The van der Waals surface area contributed by atoms with Gasteiger partial charge in [-0.05, 0) is 70.8 Å². The maximum Gasteiger partial charge on any atom is 0.0462 e. The van der Waals surface area contributed by atoms with Crippen LogP contribution < -0.4 is 4.90 Å². The summed E-state index contributed by atoms with van der Waals surface area (Å²) in [6.45, 7) is 2.19. The van der Waals surface area contributed by atoms with Crippen LogP contribution in [0.2, 0.25) is 0 Å². The van der Waals surface area contributed by atoms with E-state index in [2.05, 4.69) is 133 Å². The first-order valence-electron chi connectivity index (χ1n) is 10.3. The van der Waals surface area contributed by atoms with Gasteiger partial charge in [-0.25, -0.2) is 0 Å². The largest absolute Gasteiger partial charge is 0.311 e. The smallest absolute Gasteiger partial charge is 0.0462 e. The highest BCUT2D eigenvalue weighted by molar-refractivity contribution is 5.99. The quantitative estimate of drug-likeness (QED) is 0.301. The van der Waals surface area contributed by atoms with E-state index in [9.17, 15) is 0 Å². The zero-order valence-corrected chi connectivity index (χ0v) is 17.0. The van der Waals surface area contributed by atoms with Crippen LogP contribution in [-0.4, -0.2) is 0 Å². The van der Waals surface area contributed by atoms with E-state index in [1.807, 2.05) is 0 Å². The number of aryl methyl sites for hydroxylation is 1. The second-order valence-electron chi connectivity index (χ2n) is 7.53. The molecular formula is C29H23N. The Morgan fingerprint density at radius 1 is 0.467 bits per heavy atom. The molecule has 1 heteroatoms. The molecule has 5 aromatic rings. The van der Waals surface area contributed by atoms with Crippen LogP contribution in [0.1, 0.15) is 5.56 Å². The Bertz CT molecular complexity index is 1230. The van der Waals surface area contributed by atoms with Crippen molar-refractivity contribution in [2.45, 2.75) is 6.92 Å². The molecule has 0 aliphatic heterocycles. The van der Waals surface area contributed by atoms with Gasteiger partial charge in [0.05, 0.1) is 0 Å². The lowest BCUT2D eigenvalue weighted by atomic mass is 9.95. The van der Waals surface area contributed by atoms with Crippen molar-refractivity contribution in [3.63, 3.8) is 0 Å². The molecule has 0 saturated carbocycles. The van der Waals surface area contributed by atoms with Crippen molar-refractivity contribution in [1.82, 2.24) is 0 Å². The van der Waals surface area contributed by atoms with Gasteiger partial charge in [0.1, 0.15) is 0 Å². The molecule has 144 valence electrons. The summed E-state index contributed by atoms with van der Waals surface area (Å²) in [7, 11) is 0. The van der Waals surface area contributed by atoms with Crippen LogP contribution in [0.5, 0.6) is 0 Å². The molecule has 0 atom stereocenters. The van der Waals surface area contributed by atoms with Gasteiger partial charge in [0.25, 0.3) is 0 Å². The molecule has 0 heterocycles. The Morgan fingerprint density at radius 2 is 1.00 bits per heavy atom. The van der Waals surface area contributed by atoms with Crippen LogP contribution in [0.3, 0.4) is 0 Å². The average Bonchev–Trinajstić information content (AvgIpc) is 2.81. The number of rotatable bonds is 4. The minimum absolute atomic E-state index is 1.15. The van der Waals surface area contributed by atoms with Gasteiger partial charge in [-0.3, -0.25) is 0 Å². The first-order valence-corrected chi connectivity index (χ1v) is 10.3. The van der Waals surface area contributed by atoms with Crippen LogP contribution in [0.4, 0.5) is 17.1 Å². The van der Waals surface area contributed by atoms with Crippen LogP contribution in [0.25, 0.3) is 21.9 Å². The highest BCUT2D eigenvalue weighted by atomic mass is 15.1. The molecule has 0 saturated heterocycles. The molecule has 0 radical (unpaired) electrons. The standard InChI is InChI=1S/C29H23N/c1-22-10-8-11-24-12-9-17-28(29(22)24)23-18-20-27(21-19-23)30(25-13-4-2-5-14-25)26-15-6-3-7-16-26/h2-21H,1H3. The molecule has 5 aromatic carbocycles. The van der Waals surface area contributed by atoms with E-state index in [0.717, 1.165) is 17.1 Å². The molecule has 30 heavy (non-hydrogen) atoms. The van der Waals surface area contributed by atoms with Gasteiger partial charge in [0, 0.05) is 17.1 Å². The Morgan fingerprint density at radius 3 is 1.60 bits per heavy atom. The van der Waals surface area contributed by atoms with Crippen molar-refractivity contribution >= 4 is 27.8 Å². The summed E-state index contributed by atoms with van der Waals surface area (Å²) in [4.78, 5) is 2.29. The number of benzene rings is 5. The van der Waals surface area contributed by atoms with Crippen molar-refractivity contribution < 1.29 is 0 Å². The van der Waals surface area contributed by atoms with Crippen molar-refractivity contribution in [3.05, 3.63) is 127 Å². The van der Waals surface area contributed by atoms with Gasteiger partial charge in [-0.15, -0.1) is 0 Å². The summed E-state index contributed by atoms with van der Waals surface area (Å²) in [5.74, 6) is 0. The summed E-state index contributed by atoms with van der Waals surface area (Å²) in [6.07, 6.45) is 0. The van der Waals surface area contributed by atoms with Crippen molar-refractivity contribution in [2.75, 3.05) is 4.90 Å². The molecule has 0 aliphatic carbocycles. The molecule has 0 bridgehead atoms. The first kappa shape index (κ1) is 18.2. The first-order chi connectivity index (χ1) is 14.8. The zero-order chi connectivity index (χ0) is 20.3. The third-order valence-corrected chi connectivity index (χ3v) is 5.58. The third-order valence-electron chi connectivity index (χ3n) is 5.58. The molecular weight excluding hydrogens is 362 g/mol. The number of nitrogens with zero attached hydrogens (tertiary/aromatic N) is 1. The number of fused-ring (bicyclic) bond motifs is 1. The van der Waals surface area contributed by atoms with E-state index in [4.69, 9.17) is 0 Å². The van der Waals surface area contributed by atoms with Crippen LogP contribution in [-0.2, 0) is 0 Å². The maximum atomic E-state index is 2.29. The van der Waals surface area contributed by atoms with Gasteiger partial charge in [0.15, 0.2) is 0 Å². The van der Waals surface area contributed by atoms with Crippen LogP contribution in [0.15, 0.2) is 121 Å². The molecule has 0 aliphatic rings. The number of hydrogen-bond acceptors (Lipinski definition) is 1. The lowest BCUT2D eigenvalue weighted by molar-refractivity contribution is 1.28. The summed E-state index contributed by atoms with van der Waals surface area (Å²) in [6, 6.07) is 43.0. The Balaban J connectivity index is 1.61. The average molecular weight is 386 g/mol. The minimum Gasteiger partial charge on any atom is -0.311 e. The molecule has 0 unspecified atom stereocenters. The van der Waals surface area contributed by atoms with E-state index in [1.165, 1.54) is 27.5 Å². The molecule has 0 N–H and O–H groups in total. The summed E-state index contributed by atoms with van der Waals surface area (Å²) in [5.41, 5.74) is 7.27. The van der Waals surface area contributed by atoms with Crippen molar-refractivity contribution in [2.24, 2.45) is 0 Å². The second kappa shape index (κ2) is 7.88. The third kappa shape index (κ3) is 3.35. The predicted molar refractivity (Wildman–Crippen MR) is 129 cm³/mol. The lowest BCUT2D eigenvalue weighted by Crippen LogP contribution is -2.09. The fraction of sp³-hybridized carbons (Fsp3) is 0.0345. The van der Waals surface area contributed by atoms with Crippen molar-refractivity contribution in [1.29, 1.82) is 0 Å². The zero-order valence-electron chi connectivity index (χ0n) is 17.0. The monoisotopic (exact) mass is 385 g/mol. The van der Waals surface area contributed by atoms with E-state index < -0.39 is 0 Å². The second-order valence-corrected chi connectivity index (χ2v) is 7.53. The van der Waals surface area contributed by atoms with Crippen LogP contribution in [0, 0.1) is 6.92 Å². The summed E-state index contributed by atoms with van der Waals surface area (Å²) in [5, 5.41) is 2.61. The maximum absolute atomic E-state index is 2.29.